The molecule has 4 aromatic rings. The van der Waals surface area contributed by atoms with Crippen molar-refractivity contribution in [3.8, 4) is 22.4 Å². The molecule has 0 aliphatic heterocycles. The van der Waals surface area contributed by atoms with E-state index in [-0.39, 0.29) is 12.3 Å². The molecule has 1 aromatic carbocycles. The van der Waals surface area contributed by atoms with Gasteiger partial charge in [0.2, 0.25) is 5.91 Å². The number of hydrogen-bond acceptors (Lipinski definition) is 7. The fourth-order valence-corrected chi connectivity index (χ4v) is 4.36. The zero-order valence-electron chi connectivity index (χ0n) is 18.3. The van der Waals surface area contributed by atoms with Crippen LogP contribution in [0.25, 0.3) is 32.6 Å². The zero-order chi connectivity index (χ0) is 22.7. The van der Waals surface area contributed by atoms with Crippen molar-refractivity contribution < 1.29 is 9.90 Å². The van der Waals surface area contributed by atoms with E-state index in [4.69, 9.17) is 4.98 Å². The number of amides is 1. The van der Waals surface area contributed by atoms with Crippen molar-refractivity contribution in [2.75, 3.05) is 6.54 Å². The number of rotatable bonds is 7. The monoisotopic (exact) mass is 447 g/mol. The molecule has 0 saturated carbocycles. The summed E-state index contributed by atoms with van der Waals surface area (Å²) in [5.74, 6) is 0.336. The maximum Gasteiger partial charge on any atom is 0.226 e. The number of thiazole rings is 1. The highest BCUT2D eigenvalue weighted by molar-refractivity contribution is 7.19. The van der Waals surface area contributed by atoms with Crippen LogP contribution in [0, 0.1) is 0 Å². The number of nitrogens with one attached hydrogen (secondary N) is 1. The molecule has 4 rings (SSSR count). The second kappa shape index (κ2) is 9.10. The third-order valence-corrected chi connectivity index (χ3v) is 6.00. The molecule has 0 saturated heterocycles. The van der Waals surface area contributed by atoms with Crippen LogP contribution < -0.4 is 5.32 Å². The second-order valence-electron chi connectivity index (χ2n) is 8.08. The van der Waals surface area contributed by atoms with Gasteiger partial charge >= 0.3 is 0 Å². The van der Waals surface area contributed by atoms with Crippen molar-refractivity contribution in [1.29, 1.82) is 0 Å². The summed E-state index contributed by atoms with van der Waals surface area (Å²) in [5, 5.41) is 13.8. The Hall–Kier alpha value is -3.23. The normalized spacial score (nSPS) is 11.6. The highest BCUT2D eigenvalue weighted by Crippen LogP contribution is 2.36. The molecular formula is C24H25N5O2S. The fourth-order valence-electron chi connectivity index (χ4n) is 3.29. The van der Waals surface area contributed by atoms with Gasteiger partial charge in [-0.1, -0.05) is 13.0 Å². The molecule has 0 fully saturated rings. The lowest BCUT2D eigenvalue weighted by molar-refractivity contribution is -0.120. The summed E-state index contributed by atoms with van der Waals surface area (Å²) >= 11 is 1.51. The van der Waals surface area contributed by atoms with E-state index in [0.29, 0.717) is 12.4 Å². The first-order valence-corrected chi connectivity index (χ1v) is 11.3. The van der Waals surface area contributed by atoms with Crippen LogP contribution in [0.5, 0.6) is 0 Å². The highest BCUT2D eigenvalue weighted by Gasteiger charge is 2.20. The Kier molecular flexibility index (Phi) is 6.25. The quantitative estimate of drug-likeness (QED) is 0.442. The average Bonchev–Trinajstić information content (AvgIpc) is 3.19. The van der Waals surface area contributed by atoms with Crippen molar-refractivity contribution in [1.82, 2.24) is 25.3 Å². The van der Waals surface area contributed by atoms with Crippen molar-refractivity contribution in [3.05, 3.63) is 59.8 Å². The van der Waals surface area contributed by atoms with E-state index < -0.39 is 5.60 Å². The number of aliphatic hydroxyl groups is 1. The van der Waals surface area contributed by atoms with Crippen molar-refractivity contribution in [3.63, 3.8) is 0 Å². The molecule has 3 aromatic heterocycles. The topological polar surface area (TPSA) is 101 Å². The number of benzene rings is 1. The van der Waals surface area contributed by atoms with Crippen molar-refractivity contribution >= 4 is 27.5 Å². The van der Waals surface area contributed by atoms with Crippen LogP contribution in [-0.2, 0) is 16.8 Å². The van der Waals surface area contributed by atoms with E-state index in [9.17, 15) is 9.90 Å². The maximum atomic E-state index is 12.2. The molecule has 0 spiro atoms. The first kappa shape index (κ1) is 22.0. The second-order valence-corrected chi connectivity index (χ2v) is 9.16. The van der Waals surface area contributed by atoms with E-state index in [2.05, 4.69) is 20.3 Å². The molecule has 7 nitrogen and oxygen atoms in total. The van der Waals surface area contributed by atoms with Gasteiger partial charge in [-0.05, 0) is 50.1 Å². The molecule has 0 aliphatic rings. The average molecular weight is 448 g/mol. The number of carbonyl (C=O) groups excluding carboxylic acids is 1. The molecule has 164 valence electrons. The van der Waals surface area contributed by atoms with Gasteiger partial charge in [-0.3, -0.25) is 9.78 Å². The summed E-state index contributed by atoms with van der Waals surface area (Å²) in [5.41, 5.74) is 3.18. The molecule has 0 unspecified atom stereocenters. The van der Waals surface area contributed by atoms with Crippen LogP contribution in [-0.4, -0.2) is 37.5 Å². The molecule has 0 atom stereocenters. The summed E-state index contributed by atoms with van der Waals surface area (Å²) in [6.07, 6.45) is 6.31. The molecule has 0 radical (unpaired) electrons. The van der Waals surface area contributed by atoms with Crippen molar-refractivity contribution in [2.45, 2.75) is 39.2 Å². The number of carbonyl (C=O) groups is 1. The van der Waals surface area contributed by atoms with E-state index in [1.54, 1.807) is 32.4 Å². The summed E-state index contributed by atoms with van der Waals surface area (Å²) in [7, 11) is 0. The highest BCUT2D eigenvalue weighted by atomic mass is 32.1. The minimum atomic E-state index is -1.11. The molecular weight excluding hydrogens is 422 g/mol. The lowest BCUT2D eigenvalue weighted by Gasteiger charge is -2.15. The van der Waals surface area contributed by atoms with Gasteiger partial charge < -0.3 is 10.4 Å². The van der Waals surface area contributed by atoms with Crippen molar-refractivity contribution in [2.24, 2.45) is 0 Å². The van der Waals surface area contributed by atoms with Gasteiger partial charge in [-0.25, -0.2) is 15.0 Å². The van der Waals surface area contributed by atoms with Crippen LogP contribution in [0.2, 0.25) is 0 Å². The Morgan fingerprint density at radius 2 is 1.91 bits per heavy atom. The largest absolute Gasteiger partial charge is 0.382 e. The van der Waals surface area contributed by atoms with Crippen LogP contribution in [0.15, 0.2) is 48.9 Å². The smallest absolute Gasteiger partial charge is 0.226 e. The Morgan fingerprint density at radius 3 is 2.56 bits per heavy atom. The number of aromatic nitrogens is 4. The minimum Gasteiger partial charge on any atom is -0.382 e. The molecule has 0 aliphatic carbocycles. The van der Waals surface area contributed by atoms with Gasteiger partial charge in [0.1, 0.15) is 10.6 Å². The first-order valence-electron chi connectivity index (χ1n) is 10.5. The van der Waals surface area contributed by atoms with Gasteiger partial charge in [-0.15, -0.1) is 11.3 Å². The maximum absolute atomic E-state index is 12.2. The summed E-state index contributed by atoms with van der Waals surface area (Å²) in [6.45, 7) is 5.99. The Balaban J connectivity index is 1.78. The predicted molar refractivity (Wildman–Crippen MR) is 126 cm³/mol. The number of nitrogens with zero attached hydrogens (tertiary/aromatic N) is 4. The van der Waals surface area contributed by atoms with Crippen LogP contribution in [0.4, 0.5) is 0 Å². The van der Waals surface area contributed by atoms with Gasteiger partial charge in [0.05, 0.1) is 22.3 Å². The van der Waals surface area contributed by atoms with Gasteiger partial charge in [-0.2, -0.15) is 0 Å². The molecule has 1 amide bonds. The van der Waals surface area contributed by atoms with Gasteiger partial charge in [0.25, 0.3) is 0 Å². The molecule has 2 N–H and O–H groups in total. The van der Waals surface area contributed by atoms with Crippen LogP contribution in [0.3, 0.4) is 0 Å². The SMILES string of the molecule is CCCNC(=O)Cc1nc2cc(-c3cnc(C(C)(C)O)nc3)cc(-c3ccccn3)c2s1. The van der Waals surface area contributed by atoms with E-state index in [1.807, 2.05) is 37.3 Å². The number of fused-ring (bicyclic) bond motifs is 1. The Morgan fingerprint density at radius 1 is 1.12 bits per heavy atom. The van der Waals surface area contributed by atoms with Crippen LogP contribution >= 0.6 is 11.3 Å². The standard InChI is InChI=1S/C24H25N5O2S/c1-4-8-26-20(30)12-21-29-19-11-15(16-13-27-23(28-14-16)24(2,3)31)10-17(22(19)32-21)18-7-5-6-9-25-18/h5-7,9-11,13-14,31H,4,8,12H2,1-3H3,(H,26,30). The third kappa shape index (κ3) is 4.81. The first-order chi connectivity index (χ1) is 15.3. The van der Waals surface area contributed by atoms with E-state index >= 15 is 0 Å². The Labute approximate surface area is 190 Å². The lowest BCUT2D eigenvalue weighted by Crippen LogP contribution is -2.25. The molecule has 32 heavy (non-hydrogen) atoms. The van der Waals surface area contributed by atoms with Gasteiger partial charge in [0, 0.05) is 36.3 Å². The number of hydrogen-bond donors (Lipinski definition) is 2. The van der Waals surface area contributed by atoms with Crippen LogP contribution in [0.1, 0.15) is 38.0 Å². The molecule has 0 bridgehead atoms. The Bertz CT molecular complexity index is 1230. The summed E-state index contributed by atoms with van der Waals surface area (Å²) in [4.78, 5) is 30.1. The molecule has 8 heteroatoms. The lowest BCUT2D eigenvalue weighted by atomic mass is 10.0. The zero-order valence-corrected chi connectivity index (χ0v) is 19.1. The van der Waals surface area contributed by atoms with Gasteiger partial charge in [0.15, 0.2) is 5.82 Å². The van der Waals surface area contributed by atoms with E-state index in [0.717, 1.165) is 44.0 Å². The minimum absolute atomic E-state index is 0.0267. The summed E-state index contributed by atoms with van der Waals surface area (Å²) < 4.78 is 0.986. The number of pyridine rings is 1. The fraction of sp³-hybridized carbons (Fsp3) is 0.292. The summed E-state index contributed by atoms with van der Waals surface area (Å²) in [6, 6.07) is 9.81. The predicted octanol–water partition coefficient (Wildman–Crippen LogP) is 4.11. The van der Waals surface area contributed by atoms with E-state index in [1.165, 1.54) is 11.3 Å². The molecule has 3 heterocycles. The third-order valence-electron chi connectivity index (χ3n) is 4.89.